The van der Waals surface area contributed by atoms with Gasteiger partial charge in [-0.3, -0.25) is 4.68 Å². The number of nitrogens with one attached hydrogen (secondary N) is 1. The number of aryl methyl sites for hydroxylation is 1. The molecule has 2 heterocycles. The Balaban J connectivity index is 1.88. The first kappa shape index (κ1) is 12.6. The molecule has 0 radical (unpaired) electrons. The van der Waals surface area contributed by atoms with Crippen molar-refractivity contribution in [1.29, 1.82) is 0 Å². The monoisotopic (exact) mass is 237 g/mol. The normalized spacial score (nSPS) is 24.5. The van der Waals surface area contributed by atoms with Gasteiger partial charge in [-0.15, -0.1) is 0 Å². The topological polar surface area (TPSA) is 50.1 Å². The van der Waals surface area contributed by atoms with Gasteiger partial charge >= 0.3 is 0 Å². The second kappa shape index (κ2) is 5.19. The first-order chi connectivity index (χ1) is 8.05. The summed E-state index contributed by atoms with van der Waals surface area (Å²) in [5.74, 6) is 0. The predicted octanol–water partition coefficient (Wildman–Crippen LogP) is 1.25. The van der Waals surface area contributed by atoms with Gasteiger partial charge in [-0.2, -0.15) is 5.10 Å². The molecule has 1 aliphatic rings. The lowest BCUT2D eigenvalue weighted by Crippen LogP contribution is -2.41. The van der Waals surface area contributed by atoms with Gasteiger partial charge < -0.3 is 10.4 Å². The van der Waals surface area contributed by atoms with E-state index in [2.05, 4.69) is 10.4 Å². The van der Waals surface area contributed by atoms with Crippen LogP contribution in [0.15, 0.2) is 12.4 Å². The van der Waals surface area contributed by atoms with Crippen LogP contribution in [-0.4, -0.2) is 33.1 Å². The summed E-state index contributed by atoms with van der Waals surface area (Å²) in [5.41, 5.74) is 0.464. The quantitative estimate of drug-likeness (QED) is 0.828. The smallest absolute Gasteiger partial charge is 0.0675 e. The van der Waals surface area contributed by atoms with Crippen LogP contribution in [0.2, 0.25) is 0 Å². The lowest BCUT2D eigenvalue weighted by Gasteiger charge is -2.31. The molecule has 1 aliphatic heterocycles. The van der Waals surface area contributed by atoms with Crippen LogP contribution in [0.5, 0.6) is 0 Å². The molecule has 2 atom stereocenters. The minimum atomic E-state index is -0.641. The number of hydrogen-bond donors (Lipinski definition) is 2. The SMILES string of the molecule is Cn1cc(CC(C)(O)CC2CCCCN2)cn1. The van der Waals surface area contributed by atoms with E-state index in [4.69, 9.17) is 0 Å². The molecule has 0 amide bonds. The number of aliphatic hydroxyl groups is 1. The van der Waals surface area contributed by atoms with Crippen LogP contribution in [0.1, 0.15) is 38.2 Å². The Morgan fingerprint density at radius 2 is 2.41 bits per heavy atom. The van der Waals surface area contributed by atoms with E-state index in [-0.39, 0.29) is 0 Å². The molecule has 4 heteroatoms. The van der Waals surface area contributed by atoms with Crippen LogP contribution in [0.4, 0.5) is 0 Å². The third kappa shape index (κ3) is 3.82. The molecule has 17 heavy (non-hydrogen) atoms. The van der Waals surface area contributed by atoms with E-state index in [9.17, 15) is 5.11 Å². The summed E-state index contributed by atoms with van der Waals surface area (Å²) in [4.78, 5) is 0. The molecule has 2 rings (SSSR count). The second-order valence-electron chi connectivity index (χ2n) is 5.55. The van der Waals surface area contributed by atoms with Crippen molar-refractivity contribution in [2.45, 2.75) is 50.7 Å². The molecule has 4 nitrogen and oxygen atoms in total. The fourth-order valence-electron chi connectivity index (χ4n) is 2.70. The van der Waals surface area contributed by atoms with Crippen molar-refractivity contribution >= 4 is 0 Å². The molecule has 0 saturated carbocycles. The zero-order valence-corrected chi connectivity index (χ0v) is 10.8. The van der Waals surface area contributed by atoms with Gasteiger partial charge in [-0.25, -0.2) is 0 Å². The Labute approximate surface area is 103 Å². The van der Waals surface area contributed by atoms with Crippen LogP contribution in [0.25, 0.3) is 0 Å². The van der Waals surface area contributed by atoms with Crippen LogP contribution in [0.3, 0.4) is 0 Å². The third-order valence-corrected chi connectivity index (χ3v) is 3.44. The number of nitrogens with zero attached hydrogens (tertiary/aromatic N) is 2. The molecule has 1 saturated heterocycles. The molecular weight excluding hydrogens is 214 g/mol. The van der Waals surface area contributed by atoms with Crippen molar-refractivity contribution in [2.24, 2.45) is 7.05 Å². The molecule has 2 unspecified atom stereocenters. The van der Waals surface area contributed by atoms with Crippen LogP contribution in [0, 0.1) is 0 Å². The highest BCUT2D eigenvalue weighted by atomic mass is 16.3. The molecule has 2 N–H and O–H groups in total. The number of hydrogen-bond acceptors (Lipinski definition) is 3. The second-order valence-corrected chi connectivity index (χ2v) is 5.55. The Morgan fingerprint density at radius 1 is 1.59 bits per heavy atom. The fraction of sp³-hybridized carbons (Fsp3) is 0.769. The van der Waals surface area contributed by atoms with Gasteiger partial charge in [-0.1, -0.05) is 6.42 Å². The van der Waals surface area contributed by atoms with E-state index in [1.165, 1.54) is 19.3 Å². The zero-order chi connectivity index (χ0) is 12.3. The summed E-state index contributed by atoms with van der Waals surface area (Å²) in [6.07, 6.45) is 9.04. The zero-order valence-electron chi connectivity index (χ0n) is 10.8. The third-order valence-electron chi connectivity index (χ3n) is 3.44. The van der Waals surface area contributed by atoms with E-state index in [0.717, 1.165) is 18.5 Å². The molecule has 0 bridgehead atoms. The summed E-state index contributed by atoms with van der Waals surface area (Å²) in [6.45, 7) is 3.02. The van der Waals surface area contributed by atoms with Crippen molar-refractivity contribution in [3.8, 4) is 0 Å². The van der Waals surface area contributed by atoms with E-state index in [1.54, 1.807) is 4.68 Å². The average molecular weight is 237 g/mol. The van der Waals surface area contributed by atoms with Crippen molar-refractivity contribution in [3.63, 3.8) is 0 Å². The Kier molecular flexibility index (Phi) is 3.84. The number of aromatic nitrogens is 2. The molecule has 1 aromatic rings. The largest absolute Gasteiger partial charge is 0.390 e. The lowest BCUT2D eigenvalue weighted by atomic mass is 9.88. The van der Waals surface area contributed by atoms with Crippen LogP contribution < -0.4 is 5.32 Å². The average Bonchev–Trinajstić information content (AvgIpc) is 2.63. The predicted molar refractivity (Wildman–Crippen MR) is 67.8 cm³/mol. The first-order valence-corrected chi connectivity index (χ1v) is 6.48. The molecule has 0 spiro atoms. The van der Waals surface area contributed by atoms with Crippen molar-refractivity contribution in [1.82, 2.24) is 15.1 Å². The van der Waals surface area contributed by atoms with Gasteiger partial charge in [0.25, 0.3) is 0 Å². The standard InChI is InChI=1S/C13H23N3O/c1-13(17,7-11-9-15-16(2)10-11)8-12-5-3-4-6-14-12/h9-10,12,14,17H,3-8H2,1-2H3. The van der Waals surface area contributed by atoms with Crippen LogP contribution >= 0.6 is 0 Å². The molecule has 0 aliphatic carbocycles. The summed E-state index contributed by atoms with van der Waals surface area (Å²) in [5, 5.41) is 18.1. The maximum atomic E-state index is 10.5. The Hall–Kier alpha value is -0.870. The van der Waals surface area contributed by atoms with Gasteiger partial charge in [0.1, 0.15) is 0 Å². The molecule has 96 valence electrons. The fourth-order valence-corrected chi connectivity index (χ4v) is 2.70. The van der Waals surface area contributed by atoms with Gasteiger partial charge in [0, 0.05) is 25.7 Å². The van der Waals surface area contributed by atoms with Crippen molar-refractivity contribution in [2.75, 3.05) is 6.54 Å². The van der Waals surface area contributed by atoms with Gasteiger partial charge in [0.05, 0.1) is 11.8 Å². The Bertz CT molecular complexity index is 353. The lowest BCUT2D eigenvalue weighted by molar-refractivity contribution is 0.0371. The molecule has 1 aromatic heterocycles. The van der Waals surface area contributed by atoms with E-state index in [0.29, 0.717) is 12.5 Å². The van der Waals surface area contributed by atoms with Crippen LogP contribution in [-0.2, 0) is 13.5 Å². The highest BCUT2D eigenvalue weighted by molar-refractivity contribution is 5.08. The maximum Gasteiger partial charge on any atom is 0.0675 e. The van der Waals surface area contributed by atoms with E-state index < -0.39 is 5.60 Å². The molecular formula is C13H23N3O. The summed E-state index contributed by atoms with van der Waals surface area (Å²) >= 11 is 0. The minimum absolute atomic E-state index is 0.468. The van der Waals surface area contributed by atoms with Crippen molar-refractivity contribution in [3.05, 3.63) is 18.0 Å². The number of piperidine rings is 1. The minimum Gasteiger partial charge on any atom is -0.390 e. The molecule has 0 aromatic carbocycles. The van der Waals surface area contributed by atoms with E-state index >= 15 is 0 Å². The highest BCUT2D eigenvalue weighted by Gasteiger charge is 2.27. The molecule has 1 fully saturated rings. The van der Waals surface area contributed by atoms with Gasteiger partial charge in [0.15, 0.2) is 0 Å². The first-order valence-electron chi connectivity index (χ1n) is 6.48. The van der Waals surface area contributed by atoms with E-state index in [1.807, 2.05) is 26.4 Å². The summed E-state index contributed by atoms with van der Waals surface area (Å²) < 4.78 is 1.78. The van der Waals surface area contributed by atoms with Gasteiger partial charge in [0.2, 0.25) is 0 Å². The summed E-state index contributed by atoms with van der Waals surface area (Å²) in [7, 11) is 1.90. The Morgan fingerprint density at radius 3 is 3.00 bits per heavy atom. The highest BCUT2D eigenvalue weighted by Crippen LogP contribution is 2.22. The summed E-state index contributed by atoms with van der Waals surface area (Å²) in [6, 6.07) is 0.468. The number of rotatable bonds is 4. The van der Waals surface area contributed by atoms with Crippen molar-refractivity contribution < 1.29 is 5.11 Å². The van der Waals surface area contributed by atoms with Gasteiger partial charge in [-0.05, 0) is 38.3 Å². The maximum absolute atomic E-state index is 10.5.